The molecule has 35 heavy (non-hydrogen) atoms. The second-order valence-electron chi connectivity index (χ2n) is 7.98. The number of carbonyl (C=O) groups excluding carboxylic acids is 3. The average molecular weight is 482 g/mol. The maximum absolute atomic E-state index is 12.6. The molecular formula is C25H22O10. The standard InChI is InChI=1S/C25H22O10/c1-11-7-17(27)34-24-20(11)23(30)21(12(2)26)25-22(24)14(9-18(28)35-25)13-5-6-15(31-3)16(8-13)33-10-19(29)32-4/h5-8,14,30H,9-10H2,1-4H3/t14-/m1/s1. The van der Waals surface area contributed by atoms with Crippen LogP contribution in [0.1, 0.15) is 46.3 Å². The molecule has 2 aromatic carbocycles. The van der Waals surface area contributed by atoms with Gasteiger partial charge >= 0.3 is 17.6 Å². The molecule has 0 spiro atoms. The number of hydrogen-bond acceptors (Lipinski definition) is 10. The number of phenols is 1. The van der Waals surface area contributed by atoms with Gasteiger partial charge in [0.2, 0.25) is 0 Å². The SMILES string of the molecule is COC(=O)COc1cc([C@H]2CC(=O)Oc3c(C(C)=O)c(O)c4c(C)cc(=O)oc4c32)ccc1OC. The summed E-state index contributed by atoms with van der Waals surface area (Å²) >= 11 is 0. The number of phenolic OH excluding ortho intramolecular Hbond substituents is 1. The summed E-state index contributed by atoms with van der Waals surface area (Å²) in [5.74, 6) is -2.56. The molecule has 0 saturated heterocycles. The molecule has 0 radical (unpaired) electrons. The lowest BCUT2D eigenvalue weighted by Crippen LogP contribution is -2.24. The number of fused-ring (bicyclic) bond motifs is 3. The van der Waals surface area contributed by atoms with Crippen LogP contribution in [0.25, 0.3) is 11.0 Å². The highest BCUT2D eigenvalue weighted by molar-refractivity contribution is 6.09. The lowest BCUT2D eigenvalue weighted by Gasteiger charge is -2.28. The number of methoxy groups -OCH3 is 2. The third-order valence-electron chi connectivity index (χ3n) is 5.80. The fraction of sp³-hybridized carbons (Fsp3) is 0.280. The van der Waals surface area contributed by atoms with Crippen LogP contribution in [0.5, 0.6) is 23.0 Å². The van der Waals surface area contributed by atoms with Crippen molar-refractivity contribution >= 4 is 28.7 Å². The summed E-state index contributed by atoms with van der Waals surface area (Å²) in [5.41, 5.74) is 0.365. The van der Waals surface area contributed by atoms with Gasteiger partial charge in [0.25, 0.3) is 0 Å². The molecule has 3 aromatic rings. The van der Waals surface area contributed by atoms with E-state index in [0.717, 1.165) is 0 Å². The molecule has 1 N–H and O–H groups in total. The molecule has 0 bridgehead atoms. The Labute approximate surface area is 199 Å². The van der Waals surface area contributed by atoms with Gasteiger partial charge in [0.15, 0.2) is 29.6 Å². The van der Waals surface area contributed by atoms with E-state index in [1.54, 1.807) is 25.1 Å². The van der Waals surface area contributed by atoms with Crippen LogP contribution in [0, 0.1) is 6.92 Å². The fourth-order valence-electron chi connectivity index (χ4n) is 4.24. The Bertz CT molecular complexity index is 1430. The van der Waals surface area contributed by atoms with Gasteiger partial charge < -0.3 is 28.5 Å². The minimum atomic E-state index is -0.733. The number of rotatable bonds is 6. The third kappa shape index (κ3) is 4.18. The van der Waals surface area contributed by atoms with Crippen molar-refractivity contribution in [2.45, 2.75) is 26.2 Å². The van der Waals surface area contributed by atoms with Crippen molar-refractivity contribution in [3.63, 3.8) is 0 Å². The predicted molar refractivity (Wildman–Crippen MR) is 121 cm³/mol. The van der Waals surface area contributed by atoms with Crippen molar-refractivity contribution in [2.75, 3.05) is 20.8 Å². The maximum atomic E-state index is 12.6. The summed E-state index contributed by atoms with van der Waals surface area (Å²) in [5, 5.41) is 11.1. The number of aromatic hydroxyl groups is 1. The molecule has 1 aromatic heterocycles. The largest absolute Gasteiger partial charge is 0.506 e. The number of carbonyl (C=O) groups is 3. The molecule has 0 unspecified atom stereocenters. The summed E-state index contributed by atoms with van der Waals surface area (Å²) in [6, 6.07) is 6.05. The molecule has 0 fully saturated rings. The monoisotopic (exact) mass is 482 g/mol. The van der Waals surface area contributed by atoms with E-state index < -0.39 is 35.0 Å². The van der Waals surface area contributed by atoms with Crippen LogP contribution in [0.3, 0.4) is 0 Å². The van der Waals surface area contributed by atoms with Crippen molar-refractivity contribution in [1.82, 2.24) is 0 Å². The highest BCUT2D eigenvalue weighted by atomic mass is 16.6. The Morgan fingerprint density at radius 1 is 1.14 bits per heavy atom. The van der Waals surface area contributed by atoms with Gasteiger partial charge in [-0.2, -0.15) is 0 Å². The Morgan fingerprint density at radius 2 is 1.89 bits per heavy atom. The van der Waals surface area contributed by atoms with Crippen LogP contribution in [0.2, 0.25) is 0 Å². The molecule has 182 valence electrons. The third-order valence-corrected chi connectivity index (χ3v) is 5.80. The average Bonchev–Trinajstić information content (AvgIpc) is 2.80. The predicted octanol–water partition coefficient (Wildman–Crippen LogP) is 3.01. The lowest BCUT2D eigenvalue weighted by molar-refractivity contribution is -0.143. The van der Waals surface area contributed by atoms with E-state index in [-0.39, 0.29) is 46.6 Å². The first-order valence-electron chi connectivity index (χ1n) is 10.6. The van der Waals surface area contributed by atoms with E-state index in [2.05, 4.69) is 4.74 Å². The number of aryl methyl sites for hydroxylation is 1. The highest BCUT2D eigenvalue weighted by Gasteiger charge is 2.37. The van der Waals surface area contributed by atoms with Crippen LogP contribution in [-0.4, -0.2) is 43.7 Å². The molecule has 2 heterocycles. The zero-order valence-electron chi connectivity index (χ0n) is 19.4. The van der Waals surface area contributed by atoms with E-state index in [1.165, 1.54) is 27.2 Å². The molecule has 0 aliphatic carbocycles. The van der Waals surface area contributed by atoms with Gasteiger partial charge in [-0.15, -0.1) is 0 Å². The normalized spacial score (nSPS) is 14.7. The zero-order valence-corrected chi connectivity index (χ0v) is 19.4. The Hall–Kier alpha value is -4.34. The van der Waals surface area contributed by atoms with Gasteiger partial charge in [0, 0.05) is 17.5 Å². The Kier molecular flexibility index (Phi) is 6.21. The summed E-state index contributed by atoms with van der Waals surface area (Å²) in [7, 11) is 2.66. The van der Waals surface area contributed by atoms with Gasteiger partial charge in [-0.05, 0) is 37.1 Å². The van der Waals surface area contributed by atoms with E-state index in [0.29, 0.717) is 16.9 Å². The van der Waals surface area contributed by atoms with Gasteiger partial charge in [-0.25, -0.2) is 9.59 Å². The quantitative estimate of drug-likeness (QED) is 0.241. The summed E-state index contributed by atoms with van der Waals surface area (Å²) in [6.45, 7) is 2.46. The number of hydrogen-bond donors (Lipinski definition) is 1. The first kappa shape index (κ1) is 23.8. The van der Waals surface area contributed by atoms with Gasteiger partial charge in [0.05, 0.1) is 26.0 Å². The highest BCUT2D eigenvalue weighted by Crippen LogP contribution is 2.50. The Morgan fingerprint density at radius 3 is 2.54 bits per heavy atom. The van der Waals surface area contributed by atoms with Gasteiger partial charge in [-0.3, -0.25) is 9.59 Å². The van der Waals surface area contributed by atoms with Crippen LogP contribution in [0.4, 0.5) is 0 Å². The van der Waals surface area contributed by atoms with Crippen LogP contribution in [0.15, 0.2) is 33.5 Å². The topological polar surface area (TPSA) is 139 Å². The molecule has 4 rings (SSSR count). The lowest BCUT2D eigenvalue weighted by atomic mass is 9.82. The van der Waals surface area contributed by atoms with Crippen molar-refractivity contribution in [3.05, 3.63) is 56.9 Å². The molecule has 0 amide bonds. The second kappa shape index (κ2) is 9.13. The molecule has 0 saturated carbocycles. The zero-order chi connectivity index (χ0) is 25.4. The number of benzene rings is 2. The minimum absolute atomic E-state index is 0.0119. The molecule has 1 atom stereocenters. The molecule has 1 aliphatic heterocycles. The summed E-state index contributed by atoms with van der Waals surface area (Å²) in [4.78, 5) is 48.9. The molecular weight excluding hydrogens is 460 g/mol. The summed E-state index contributed by atoms with van der Waals surface area (Å²) in [6.07, 6.45) is -0.148. The maximum Gasteiger partial charge on any atom is 0.343 e. The smallest absolute Gasteiger partial charge is 0.343 e. The minimum Gasteiger partial charge on any atom is -0.506 e. The molecule has 10 heteroatoms. The van der Waals surface area contributed by atoms with Gasteiger partial charge in [0.1, 0.15) is 16.9 Å². The Balaban J connectivity index is 2.00. The van der Waals surface area contributed by atoms with E-state index >= 15 is 0 Å². The van der Waals surface area contributed by atoms with Crippen LogP contribution >= 0.6 is 0 Å². The van der Waals surface area contributed by atoms with Gasteiger partial charge in [-0.1, -0.05) is 6.07 Å². The number of Topliss-reactive ketones (excluding diaryl/α,β-unsaturated/α-hetero) is 1. The number of esters is 2. The number of ether oxygens (including phenoxy) is 4. The van der Waals surface area contributed by atoms with E-state index in [4.69, 9.17) is 18.6 Å². The van der Waals surface area contributed by atoms with Crippen LogP contribution in [-0.2, 0) is 14.3 Å². The number of ketones is 1. The molecule has 10 nitrogen and oxygen atoms in total. The van der Waals surface area contributed by atoms with Crippen LogP contribution < -0.4 is 19.8 Å². The van der Waals surface area contributed by atoms with Crippen molar-refractivity contribution in [1.29, 1.82) is 0 Å². The van der Waals surface area contributed by atoms with E-state index in [9.17, 15) is 24.3 Å². The first-order chi connectivity index (χ1) is 16.7. The molecule has 1 aliphatic rings. The second-order valence-corrected chi connectivity index (χ2v) is 7.98. The van der Waals surface area contributed by atoms with Crippen molar-refractivity contribution in [3.8, 4) is 23.0 Å². The fourth-order valence-corrected chi connectivity index (χ4v) is 4.24. The first-order valence-corrected chi connectivity index (χ1v) is 10.6. The van der Waals surface area contributed by atoms with E-state index in [1.807, 2.05) is 0 Å². The summed E-state index contributed by atoms with van der Waals surface area (Å²) < 4.78 is 26.4. The van der Waals surface area contributed by atoms with Crippen molar-refractivity contribution in [2.24, 2.45) is 0 Å². The van der Waals surface area contributed by atoms with Crippen molar-refractivity contribution < 1.29 is 42.9 Å².